The zero-order chi connectivity index (χ0) is 26.4. The number of aromatic hydroxyl groups is 1. The number of amides is 1. The molecule has 2 heterocycles. The van der Waals surface area contributed by atoms with Gasteiger partial charge in [-0.15, -0.1) is 0 Å². The first-order chi connectivity index (χ1) is 17.7. The number of aliphatic hydroxyl groups excluding tert-OH is 1. The number of fused-ring (bicyclic) bond motifs is 1. The fraction of sp³-hybridized carbons (Fsp3) is 0.111. The summed E-state index contributed by atoms with van der Waals surface area (Å²) >= 11 is 0. The molecular formula is C27H19F2NO7. The SMILES string of the molecule is COc1ccc(C2C(C(=O)c3cc4cccc(OC)c4o3)=C(O)C(=O)N2c2ccc(F)c(F)c2)cc1O. The molecule has 1 aliphatic heterocycles. The summed E-state index contributed by atoms with van der Waals surface area (Å²) in [6, 6.07) is 12.0. The first-order valence-electron chi connectivity index (χ1n) is 10.9. The number of phenols is 1. The maximum absolute atomic E-state index is 14.1. The van der Waals surface area contributed by atoms with E-state index in [1.807, 2.05) is 0 Å². The number of ether oxygens (including phenoxy) is 2. The molecule has 0 saturated carbocycles. The van der Waals surface area contributed by atoms with Crippen molar-refractivity contribution < 1.29 is 42.5 Å². The number of furan rings is 1. The lowest BCUT2D eigenvalue weighted by atomic mass is 9.94. The van der Waals surface area contributed by atoms with Crippen LogP contribution in [0.4, 0.5) is 14.5 Å². The Morgan fingerprint density at radius 1 is 0.946 bits per heavy atom. The molecule has 1 amide bonds. The zero-order valence-corrected chi connectivity index (χ0v) is 19.5. The maximum atomic E-state index is 14.1. The van der Waals surface area contributed by atoms with Gasteiger partial charge in [0.15, 0.2) is 46.0 Å². The van der Waals surface area contributed by atoms with E-state index in [1.54, 1.807) is 18.2 Å². The van der Waals surface area contributed by atoms with E-state index in [2.05, 4.69) is 0 Å². The molecule has 0 bridgehead atoms. The minimum atomic E-state index is -1.32. The smallest absolute Gasteiger partial charge is 0.294 e. The number of hydrogen-bond donors (Lipinski definition) is 2. The Kier molecular flexibility index (Phi) is 5.79. The second-order valence-corrected chi connectivity index (χ2v) is 8.19. The molecule has 37 heavy (non-hydrogen) atoms. The Morgan fingerprint density at radius 3 is 2.38 bits per heavy atom. The lowest BCUT2D eigenvalue weighted by Crippen LogP contribution is -2.31. The number of ketones is 1. The van der Waals surface area contributed by atoms with Crippen molar-refractivity contribution in [3.05, 3.63) is 95.0 Å². The Hall–Kier alpha value is -4.86. The van der Waals surface area contributed by atoms with Gasteiger partial charge in [-0.25, -0.2) is 8.78 Å². The predicted molar refractivity (Wildman–Crippen MR) is 128 cm³/mol. The van der Waals surface area contributed by atoms with Gasteiger partial charge in [-0.2, -0.15) is 0 Å². The fourth-order valence-corrected chi connectivity index (χ4v) is 4.37. The molecule has 0 aliphatic carbocycles. The van der Waals surface area contributed by atoms with E-state index in [4.69, 9.17) is 13.9 Å². The Bertz CT molecular complexity index is 1610. The van der Waals surface area contributed by atoms with Crippen molar-refractivity contribution in [2.45, 2.75) is 6.04 Å². The van der Waals surface area contributed by atoms with E-state index in [0.29, 0.717) is 11.1 Å². The summed E-state index contributed by atoms with van der Waals surface area (Å²) in [5.74, 6) is -5.12. The molecule has 1 atom stereocenters. The van der Waals surface area contributed by atoms with Crippen LogP contribution in [0.3, 0.4) is 0 Å². The van der Waals surface area contributed by atoms with Crippen molar-refractivity contribution in [2.75, 3.05) is 19.1 Å². The van der Waals surface area contributed by atoms with Gasteiger partial charge in [0.2, 0.25) is 5.78 Å². The second-order valence-electron chi connectivity index (χ2n) is 8.19. The number of aliphatic hydroxyl groups is 1. The van der Waals surface area contributed by atoms with Gasteiger partial charge >= 0.3 is 0 Å². The van der Waals surface area contributed by atoms with Gasteiger partial charge in [-0.3, -0.25) is 14.5 Å². The predicted octanol–water partition coefficient (Wildman–Crippen LogP) is 5.22. The van der Waals surface area contributed by atoms with Crippen LogP contribution in [0.5, 0.6) is 17.2 Å². The van der Waals surface area contributed by atoms with Gasteiger partial charge in [0.05, 0.1) is 25.8 Å². The van der Waals surface area contributed by atoms with Crippen LogP contribution in [0.25, 0.3) is 11.0 Å². The third-order valence-corrected chi connectivity index (χ3v) is 6.10. The number of nitrogens with zero attached hydrogens (tertiary/aromatic N) is 1. The molecule has 0 fully saturated rings. The normalized spacial score (nSPS) is 15.5. The number of rotatable bonds is 6. The number of methoxy groups -OCH3 is 2. The molecule has 1 aromatic heterocycles. The van der Waals surface area contributed by atoms with Crippen molar-refractivity contribution in [2.24, 2.45) is 0 Å². The highest BCUT2D eigenvalue weighted by Gasteiger charge is 2.46. The van der Waals surface area contributed by atoms with E-state index in [1.165, 1.54) is 38.5 Å². The quantitative estimate of drug-likeness (QED) is 0.345. The topological polar surface area (TPSA) is 109 Å². The van der Waals surface area contributed by atoms with Crippen LogP contribution in [0.15, 0.2) is 76.4 Å². The van der Waals surface area contributed by atoms with Crippen LogP contribution in [0, 0.1) is 11.6 Å². The first-order valence-corrected chi connectivity index (χ1v) is 10.9. The zero-order valence-electron chi connectivity index (χ0n) is 19.5. The summed E-state index contributed by atoms with van der Waals surface area (Å²) in [5.41, 5.74) is -0.0199. The lowest BCUT2D eigenvalue weighted by molar-refractivity contribution is -0.117. The van der Waals surface area contributed by atoms with E-state index in [9.17, 15) is 28.6 Å². The summed E-state index contributed by atoms with van der Waals surface area (Å²) < 4.78 is 43.8. The first kappa shape index (κ1) is 23.9. The van der Waals surface area contributed by atoms with Crippen molar-refractivity contribution in [1.29, 1.82) is 0 Å². The molecule has 0 saturated heterocycles. The molecule has 1 unspecified atom stereocenters. The molecule has 0 spiro atoms. The molecule has 4 aromatic rings. The fourth-order valence-electron chi connectivity index (χ4n) is 4.37. The summed E-state index contributed by atoms with van der Waals surface area (Å²) in [7, 11) is 2.78. The minimum absolute atomic E-state index is 0.121. The number of anilines is 1. The number of halogens is 2. The molecular weight excluding hydrogens is 488 g/mol. The standard InChI is InChI=1S/C27H19F2NO7/c1-35-19-9-6-13(10-18(19)31)23-22(24(32)21-11-14-4-3-5-20(36-2)26(14)37-21)25(33)27(34)30(23)15-7-8-16(28)17(29)12-15/h3-12,23,31,33H,1-2H3. The molecule has 8 nitrogen and oxygen atoms in total. The minimum Gasteiger partial charge on any atom is -0.504 e. The highest BCUT2D eigenvalue weighted by molar-refractivity contribution is 6.20. The monoisotopic (exact) mass is 507 g/mol. The Labute approximate surface area is 208 Å². The number of phenolic OH excluding ortho intramolecular Hbond substituents is 1. The van der Waals surface area contributed by atoms with Crippen LogP contribution in [-0.4, -0.2) is 36.1 Å². The number of carbonyl (C=O) groups is 2. The molecule has 0 radical (unpaired) electrons. The number of benzene rings is 3. The van der Waals surface area contributed by atoms with E-state index >= 15 is 0 Å². The summed E-state index contributed by atoms with van der Waals surface area (Å²) in [6.07, 6.45) is 0. The van der Waals surface area contributed by atoms with Crippen LogP contribution in [0.1, 0.15) is 22.2 Å². The highest BCUT2D eigenvalue weighted by Crippen LogP contribution is 2.44. The third kappa shape index (κ3) is 3.83. The van der Waals surface area contributed by atoms with Gasteiger partial charge in [-0.05, 0) is 42.0 Å². The van der Waals surface area contributed by atoms with Crippen molar-refractivity contribution in [3.8, 4) is 17.2 Å². The highest BCUT2D eigenvalue weighted by atomic mass is 19.2. The maximum Gasteiger partial charge on any atom is 0.294 e. The van der Waals surface area contributed by atoms with Crippen LogP contribution >= 0.6 is 0 Å². The molecule has 10 heteroatoms. The molecule has 3 aromatic carbocycles. The van der Waals surface area contributed by atoms with E-state index in [0.717, 1.165) is 23.1 Å². The van der Waals surface area contributed by atoms with Crippen molar-refractivity contribution in [1.82, 2.24) is 0 Å². The summed E-state index contributed by atoms with van der Waals surface area (Å²) in [4.78, 5) is 27.9. The van der Waals surface area contributed by atoms with Gasteiger partial charge in [0.25, 0.3) is 5.91 Å². The molecule has 188 valence electrons. The van der Waals surface area contributed by atoms with Gasteiger partial charge < -0.3 is 24.1 Å². The summed E-state index contributed by atoms with van der Waals surface area (Å²) in [5, 5.41) is 21.8. The Morgan fingerprint density at radius 2 is 1.70 bits per heavy atom. The third-order valence-electron chi connectivity index (χ3n) is 6.10. The largest absolute Gasteiger partial charge is 0.504 e. The second kappa shape index (κ2) is 8.98. The number of hydrogen-bond acceptors (Lipinski definition) is 7. The number of Topliss-reactive ketones (excluding diaryl/α,β-unsaturated/α-hetero) is 1. The Balaban J connectivity index is 1.68. The van der Waals surface area contributed by atoms with Crippen LogP contribution in [0.2, 0.25) is 0 Å². The molecule has 1 aliphatic rings. The van der Waals surface area contributed by atoms with E-state index < -0.39 is 35.1 Å². The van der Waals surface area contributed by atoms with Gasteiger partial charge in [-0.1, -0.05) is 18.2 Å². The van der Waals surface area contributed by atoms with Crippen molar-refractivity contribution >= 4 is 28.3 Å². The lowest BCUT2D eigenvalue weighted by Gasteiger charge is -2.27. The summed E-state index contributed by atoms with van der Waals surface area (Å²) in [6.45, 7) is 0. The van der Waals surface area contributed by atoms with Crippen molar-refractivity contribution in [3.63, 3.8) is 0 Å². The average Bonchev–Trinajstić information content (AvgIpc) is 3.44. The molecule has 2 N–H and O–H groups in total. The van der Waals surface area contributed by atoms with Gasteiger partial charge in [0, 0.05) is 17.1 Å². The van der Waals surface area contributed by atoms with Gasteiger partial charge in [0.1, 0.15) is 0 Å². The molecule has 5 rings (SSSR count). The van der Waals surface area contributed by atoms with E-state index in [-0.39, 0.29) is 39.7 Å². The number of carbonyl (C=O) groups excluding carboxylic acids is 2. The average molecular weight is 507 g/mol. The number of para-hydroxylation sites is 1. The van der Waals surface area contributed by atoms with Crippen LogP contribution < -0.4 is 14.4 Å². The van der Waals surface area contributed by atoms with Crippen LogP contribution in [-0.2, 0) is 4.79 Å².